The third kappa shape index (κ3) is 4.77. The lowest BCUT2D eigenvalue weighted by Gasteiger charge is -2.11. The fourth-order valence-electron chi connectivity index (χ4n) is 1.72. The Kier molecular flexibility index (Phi) is 5.68. The van der Waals surface area contributed by atoms with Crippen molar-refractivity contribution in [3.05, 3.63) is 59.4 Å². The van der Waals surface area contributed by atoms with Gasteiger partial charge in [-0.25, -0.2) is 0 Å². The van der Waals surface area contributed by atoms with Crippen LogP contribution in [0.5, 0.6) is 0 Å². The van der Waals surface area contributed by atoms with Crippen LogP contribution in [-0.4, -0.2) is 0 Å². The van der Waals surface area contributed by atoms with E-state index in [1.165, 1.54) is 23.1 Å². The Morgan fingerprint density at radius 3 is 2.44 bits per heavy atom. The Morgan fingerprint density at radius 1 is 1.33 bits per heavy atom. The summed E-state index contributed by atoms with van der Waals surface area (Å²) in [6.45, 7) is 12.5. The summed E-state index contributed by atoms with van der Waals surface area (Å²) < 4.78 is 0. The first kappa shape index (κ1) is 14.5. The second-order valence-electron chi connectivity index (χ2n) is 5.20. The minimum absolute atomic E-state index is 0.687. The Balaban J connectivity index is 3.08. The monoisotopic (exact) mass is 240 g/mol. The number of benzene rings is 1. The van der Waals surface area contributed by atoms with E-state index in [1.807, 2.05) is 13.0 Å². The van der Waals surface area contributed by atoms with Crippen LogP contribution in [0.2, 0.25) is 0 Å². The quantitative estimate of drug-likeness (QED) is 0.468. The van der Waals surface area contributed by atoms with Crippen LogP contribution in [-0.2, 0) is 0 Å². The zero-order valence-corrected chi connectivity index (χ0v) is 12.1. The van der Waals surface area contributed by atoms with Crippen molar-refractivity contribution in [2.24, 2.45) is 5.92 Å². The molecule has 0 fully saturated rings. The molecule has 0 radical (unpaired) electrons. The van der Waals surface area contributed by atoms with Crippen LogP contribution in [0.4, 0.5) is 0 Å². The van der Waals surface area contributed by atoms with Crippen molar-refractivity contribution in [1.29, 1.82) is 0 Å². The van der Waals surface area contributed by atoms with E-state index < -0.39 is 0 Å². The highest BCUT2D eigenvalue weighted by Crippen LogP contribution is 2.23. The lowest BCUT2D eigenvalue weighted by molar-refractivity contribution is 0.579. The lowest BCUT2D eigenvalue weighted by Crippen LogP contribution is -1.94. The molecule has 1 aromatic rings. The predicted octanol–water partition coefficient (Wildman–Crippen LogP) is 5.55. The maximum atomic E-state index is 3.90. The van der Waals surface area contributed by atoms with E-state index >= 15 is 0 Å². The van der Waals surface area contributed by atoms with Crippen molar-refractivity contribution in [2.75, 3.05) is 0 Å². The van der Waals surface area contributed by atoms with Gasteiger partial charge in [0.1, 0.15) is 0 Å². The molecule has 0 aliphatic rings. The fourth-order valence-corrected chi connectivity index (χ4v) is 1.72. The Labute approximate surface area is 112 Å². The summed E-state index contributed by atoms with van der Waals surface area (Å²) in [5.74, 6) is 0.687. The second kappa shape index (κ2) is 7.03. The molecule has 0 aromatic heterocycles. The van der Waals surface area contributed by atoms with E-state index in [2.05, 4.69) is 57.3 Å². The lowest BCUT2D eigenvalue weighted by atomic mass is 9.94. The topological polar surface area (TPSA) is 0 Å². The maximum absolute atomic E-state index is 3.90. The Bertz CT molecular complexity index is 453. The predicted molar refractivity (Wildman–Crippen MR) is 81.6 cm³/mol. The molecule has 0 saturated carbocycles. The zero-order chi connectivity index (χ0) is 13.5. The van der Waals surface area contributed by atoms with Crippen molar-refractivity contribution in [3.63, 3.8) is 0 Å². The molecule has 0 aliphatic heterocycles. The van der Waals surface area contributed by atoms with Crippen LogP contribution in [0.15, 0.2) is 48.2 Å². The highest BCUT2D eigenvalue weighted by molar-refractivity contribution is 5.65. The molecule has 0 heterocycles. The molecule has 0 nitrogen and oxygen atoms in total. The van der Waals surface area contributed by atoms with Gasteiger partial charge in [-0.3, -0.25) is 0 Å². The Hall–Kier alpha value is -1.52. The molecule has 0 N–H and O–H groups in total. The van der Waals surface area contributed by atoms with Crippen LogP contribution in [0.25, 0.3) is 5.57 Å². The molecule has 0 saturated heterocycles. The third-order valence-electron chi connectivity index (χ3n) is 3.14. The molecule has 0 bridgehead atoms. The number of hydrogen-bond donors (Lipinski definition) is 0. The molecular weight excluding hydrogens is 216 g/mol. The van der Waals surface area contributed by atoms with Gasteiger partial charge in [0.05, 0.1) is 0 Å². The molecule has 0 spiro atoms. The van der Waals surface area contributed by atoms with Crippen LogP contribution < -0.4 is 0 Å². The summed E-state index contributed by atoms with van der Waals surface area (Å²) in [5, 5.41) is 0. The normalized spacial score (nSPS) is 11.6. The van der Waals surface area contributed by atoms with Crippen LogP contribution in [0.3, 0.4) is 0 Å². The zero-order valence-electron chi connectivity index (χ0n) is 12.1. The SMILES string of the molecule is C=C(C)C=C=C(CC(C)CC)c1ccc(C)cc1. The number of aryl methyl sites for hydroxylation is 1. The largest absolute Gasteiger partial charge is 0.116 e. The van der Waals surface area contributed by atoms with E-state index in [0.717, 1.165) is 12.0 Å². The van der Waals surface area contributed by atoms with Gasteiger partial charge in [0, 0.05) is 5.57 Å². The van der Waals surface area contributed by atoms with Gasteiger partial charge in [-0.1, -0.05) is 62.2 Å². The molecule has 1 unspecified atom stereocenters. The van der Waals surface area contributed by atoms with Gasteiger partial charge < -0.3 is 0 Å². The van der Waals surface area contributed by atoms with E-state index in [4.69, 9.17) is 0 Å². The molecule has 1 aromatic carbocycles. The average molecular weight is 240 g/mol. The van der Waals surface area contributed by atoms with Crippen molar-refractivity contribution in [1.82, 2.24) is 0 Å². The first-order chi connectivity index (χ1) is 8.52. The molecule has 0 aliphatic carbocycles. The fraction of sp³-hybridized carbons (Fsp3) is 0.389. The molecule has 0 heteroatoms. The number of rotatable bonds is 5. The summed E-state index contributed by atoms with van der Waals surface area (Å²) in [6, 6.07) is 8.70. The molecule has 1 atom stereocenters. The summed E-state index contributed by atoms with van der Waals surface area (Å²) in [6.07, 6.45) is 4.25. The molecule has 1 rings (SSSR count). The van der Waals surface area contributed by atoms with Crippen molar-refractivity contribution in [2.45, 2.75) is 40.5 Å². The van der Waals surface area contributed by atoms with Crippen LogP contribution in [0.1, 0.15) is 44.7 Å². The number of allylic oxidation sites excluding steroid dienone is 2. The third-order valence-corrected chi connectivity index (χ3v) is 3.14. The van der Waals surface area contributed by atoms with Gasteiger partial charge in [0.25, 0.3) is 0 Å². The molecule has 96 valence electrons. The summed E-state index contributed by atoms with van der Waals surface area (Å²) in [7, 11) is 0. The van der Waals surface area contributed by atoms with Crippen LogP contribution in [0, 0.1) is 12.8 Å². The molecular formula is C18H24. The van der Waals surface area contributed by atoms with Gasteiger partial charge in [-0.05, 0) is 37.8 Å². The van der Waals surface area contributed by atoms with Crippen molar-refractivity contribution < 1.29 is 0 Å². The molecule has 18 heavy (non-hydrogen) atoms. The first-order valence-electron chi connectivity index (χ1n) is 6.71. The summed E-state index contributed by atoms with van der Waals surface area (Å²) >= 11 is 0. The average Bonchev–Trinajstić information content (AvgIpc) is 2.35. The van der Waals surface area contributed by atoms with E-state index in [1.54, 1.807) is 0 Å². The highest BCUT2D eigenvalue weighted by Gasteiger charge is 2.06. The van der Waals surface area contributed by atoms with Gasteiger partial charge in [-0.15, -0.1) is 5.73 Å². The number of hydrogen-bond acceptors (Lipinski definition) is 0. The second-order valence-corrected chi connectivity index (χ2v) is 5.20. The standard InChI is InChI=1S/C18H24/c1-6-15(4)13-18(10-7-14(2)3)17-11-8-16(5)9-12-17/h7-9,11-12,15H,2,6,13H2,1,3-5H3. The van der Waals surface area contributed by atoms with Gasteiger partial charge >= 0.3 is 0 Å². The van der Waals surface area contributed by atoms with E-state index in [-0.39, 0.29) is 0 Å². The first-order valence-corrected chi connectivity index (χ1v) is 6.71. The highest BCUT2D eigenvalue weighted by atomic mass is 14.1. The van der Waals surface area contributed by atoms with Crippen molar-refractivity contribution >= 4 is 5.57 Å². The smallest absolute Gasteiger partial charge is 0.00148 e. The minimum Gasteiger partial charge on any atom is -0.116 e. The van der Waals surface area contributed by atoms with Crippen LogP contribution >= 0.6 is 0 Å². The van der Waals surface area contributed by atoms with Gasteiger partial charge in [0.15, 0.2) is 0 Å². The van der Waals surface area contributed by atoms with Crippen molar-refractivity contribution in [3.8, 4) is 0 Å². The summed E-state index contributed by atoms with van der Waals surface area (Å²) in [4.78, 5) is 0. The molecule has 0 amide bonds. The Morgan fingerprint density at radius 2 is 1.94 bits per heavy atom. The maximum Gasteiger partial charge on any atom is 0.00148 e. The summed E-state index contributed by atoms with van der Waals surface area (Å²) in [5.41, 5.74) is 8.32. The van der Waals surface area contributed by atoms with Gasteiger partial charge in [0.2, 0.25) is 0 Å². The minimum atomic E-state index is 0.687. The van der Waals surface area contributed by atoms with E-state index in [0.29, 0.717) is 5.92 Å². The van der Waals surface area contributed by atoms with Gasteiger partial charge in [-0.2, -0.15) is 0 Å². The van der Waals surface area contributed by atoms with E-state index in [9.17, 15) is 0 Å².